The molecule has 0 saturated heterocycles. The van der Waals surface area contributed by atoms with Crippen molar-refractivity contribution in [3.05, 3.63) is 46.6 Å². The van der Waals surface area contributed by atoms with Crippen molar-refractivity contribution in [3.63, 3.8) is 0 Å². The van der Waals surface area contributed by atoms with Crippen LogP contribution in [0.4, 0.5) is 0 Å². The van der Waals surface area contributed by atoms with Gasteiger partial charge in [0.25, 0.3) is 0 Å². The summed E-state index contributed by atoms with van der Waals surface area (Å²) in [6, 6.07) is 11.4. The van der Waals surface area contributed by atoms with Gasteiger partial charge in [-0.1, -0.05) is 28.1 Å². The zero-order valence-corrected chi connectivity index (χ0v) is 12.6. The summed E-state index contributed by atoms with van der Waals surface area (Å²) in [6.45, 7) is 0.728. The van der Waals surface area contributed by atoms with Crippen LogP contribution in [-0.2, 0) is 0 Å². The Morgan fingerprint density at radius 1 is 1.26 bits per heavy atom. The molecule has 100 valence electrons. The van der Waals surface area contributed by atoms with E-state index in [1.807, 2.05) is 49.3 Å². The lowest BCUT2D eigenvalue weighted by Gasteiger charge is -2.06. The smallest absolute Gasteiger partial charge is 0.199 e. The highest BCUT2D eigenvalue weighted by molar-refractivity contribution is 9.10. The summed E-state index contributed by atoms with van der Waals surface area (Å²) in [5.74, 6) is 1.18. The number of Topliss-reactive ketones (excluding diaryl/α,β-unsaturated/α-hetero) is 1. The number of rotatable bonds is 5. The SMILES string of the molecule is CN(C)CCC(=O)c1ccc(-c2cccc(Br)c2)o1. The average molecular weight is 322 g/mol. The number of hydrogen-bond acceptors (Lipinski definition) is 3. The van der Waals surface area contributed by atoms with Crippen molar-refractivity contribution in [2.45, 2.75) is 6.42 Å². The quantitative estimate of drug-likeness (QED) is 0.784. The normalized spacial score (nSPS) is 10.9. The first-order chi connectivity index (χ1) is 9.06. The molecule has 0 aliphatic carbocycles. The number of benzene rings is 1. The van der Waals surface area contributed by atoms with Crippen LogP contribution < -0.4 is 0 Å². The van der Waals surface area contributed by atoms with Crippen molar-refractivity contribution in [3.8, 4) is 11.3 Å². The predicted molar refractivity (Wildman–Crippen MR) is 79.3 cm³/mol. The fraction of sp³-hybridized carbons (Fsp3) is 0.267. The zero-order chi connectivity index (χ0) is 13.8. The molecule has 0 radical (unpaired) electrons. The van der Waals surface area contributed by atoms with Crippen LogP contribution in [0.1, 0.15) is 17.0 Å². The number of halogens is 1. The van der Waals surface area contributed by atoms with Crippen LogP contribution in [0.25, 0.3) is 11.3 Å². The number of hydrogen-bond donors (Lipinski definition) is 0. The summed E-state index contributed by atoms with van der Waals surface area (Å²) < 4.78 is 6.62. The van der Waals surface area contributed by atoms with Crippen LogP contribution in [0.3, 0.4) is 0 Å². The van der Waals surface area contributed by atoms with Gasteiger partial charge in [-0.3, -0.25) is 4.79 Å². The van der Waals surface area contributed by atoms with Gasteiger partial charge in [0.2, 0.25) is 0 Å². The Bertz CT molecular complexity index is 575. The first-order valence-corrected chi connectivity index (χ1v) is 6.89. The number of nitrogens with zero attached hydrogens (tertiary/aromatic N) is 1. The molecule has 0 bridgehead atoms. The fourth-order valence-corrected chi connectivity index (χ4v) is 2.13. The molecule has 0 amide bonds. The second-order valence-electron chi connectivity index (χ2n) is 4.65. The van der Waals surface area contributed by atoms with Crippen LogP contribution in [0.2, 0.25) is 0 Å². The van der Waals surface area contributed by atoms with Crippen LogP contribution >= 0.6 is 15.9 Å². The van der Waals surface area contributed by atoms with Gasteiger partial charge in [-0.05, 0) is 38.4 Å². The van der Waals surface area contributed by atoms with Crippen molar-refractivity contribution in [2.24, 2.45) is 0 Å². The van der Waals surface area contributed by atoms with Crippen molar-refractivity contribution >= 4 is 21.7 Å². The summed E-state index contributed by atoms with van der Waals surface area (Å²) in [5, 5.41) is 0. The van der Waals surface area contributed by atoms with E-state index in [0.717, 1.165) is 22.3 Å². The molecule has 0 aliphatic heterocycles. The van der Waals surface area contributed by atoms with E-state index in [0.29, 0.717) is 12.2 Å². The minimum atomic E-state index is 0.0370. The molecule has 3 nitrogen and oxygen atoms in total. The molecule has 0 unspecified atom stereocenters. The highest BCUT2D eigenvalue weighted by atomic mass is 79.9. The maximum Gasteiger partial charge on any atom is 0.199 e. The third-order valence-electron chi connectivity index (χ3n) is 2.78. The molecule has 0 saturated carbocycles. The monoisotopic (exact) mass is 321 g/mol. The Kier molecular flexibility index (Phi) is 4.56. The van der Waals surface area contributed by atoms with Gasteiger partial charge in [-0.15, -0.1) is 0 Å². The van der Waals surface area contributed by atoms with Crippen molar-refractivity contribution in [2.75, 3.05) is 20.6 Å². The Labute approximate surface area is 121 Å². The predicted octanol–water partition coefficient (Wildman–Crippen LogP) is 3.84. The van der Waals surface area contributed by atoms with Crippen LogP contribution in [0.5, 0.6) is 0 Å². The van der Waals surface area contributed by atoms with E-state index in [9.17, 15) is 4.79 Å². The number of ketones is 1. The molecule has 1 heterocycles. The van der Waals surface area contributed by atoms with Crippen molar-refractivity contribution < 1.29 is 9.21 Å². The van der Waals surface area contributed by atoms with Gasteiger partial charge in [0.05, 0.1) is 0 Å². The van der Waals surface area contributed by atoms with Gasteiger partial charge in [-0.25, -0.2) is 0 Å². The van der Waals surface area contributed by atoms with Crippen molar-refractivity contribution in [1.82, 2.24) is 4.90 Å². The molecule has 2 aromatic rings. The minimum absolute atomic E-state index is 0.0370. The molecule has 2 rings (SSSR count). The van der Waals surface area contributed by atoms with E-state index < -0.39 is 0 Å². The second-order valence-corrected chi connectivity index (χ2v) is 5.57. The lowest BCUT2D eigenvalue weighted by atomic mass is 10.2. The molecule has 1 aromatic carbocycles. The zero-order valence-electron chi connectivity index (χ0n) is 11.0. The molecule has 0 fully saturated rings. The van der Waals surface area contributed by atoms with Crippen molar-refractivity contribution in [1.29, 1.82) is 0 Å². The Morgan fingerprint density at radius 2 is 2.05 bits per heavy atom. The fourth-order valence-electron chi connectivity index (χ4n) is 1.73. The van der Waals surface area contributed by atoms with Gasteiger partial charge in [0.1, 0.15) is 5.76 Å². The maximum atomic E-state index is 11.9. The second kappa shape index (κ2) is 6.17. The van der Waals surface area contributed by atoms with Gasteiger partial charge < -0.3 is 9.32 Å². The third kappa shape index (κ3) is 3.78. The molecule has 0 aliphatic rings. The maximum absolute atomic E-state index is 11.9. The summed E-state index contributed by atoms with van der Waals surface area (Å²) in [7, 11) is 3.89. The summed E-state index contributed by atoms with van der Waals surface area (Å²) in [4.78, 5) is 13.9. The number of furan rings is 1. The first kappa shape index (κ1) is 14.0. The standard InChI is InChI=1S/C15H16BrNO2/c1-17(2)9-8-13(18)15-7-6-14(19-15)11-4-3-5-12(16)10-11/h3-7,10H,8-9H2,1-2H3. The Morgan fingerprint density at radius 3 is 2.74 bits per heavy atom. The van der Waals surface area contributed by atoms with E-state index in [1.165, 1.54) is 0 Å². The lowest BCUT2D eigenvalue weighted by Crippen LogP contribution is -2.16. The van der Waals surface area contributed by atoms with Crippen LogP contribution in [0, 0.1) is 0 Å². The largest absolute Gasteiger partial charge is 0.453 e. The van der Waals surface area contributed by atoms with Gasteiger partial charge in [0, 0.05) is 23.0 Å². The molecule has 0 atom stereocenters. The Hall–Kier alpha value is -1.39. The third-order valence-corrected chi connectivity index (χ3v) is 3.27. The van der Waals surface area contributed by atoms with Crippen LogP contribution in [-0.4, -0.2) is 31.3 Å². The number of carbonyl (C=O) groups excluding carboxylic acids is 1. The summed E-state index contributed by atoms with van der Waals surface area (Å²) >= 11 is 3.42. The minimum Gasteiger partial charge on any atom is -0.453 e. The number of carbonyl (C=O) groups is 1. The molecule has 0 N–H and O–H groups in total. The molecular formula is C15H16BrNO2. The van der Waals surface area contributed by atoms with E-state index in [-0.39, 0.29) is 5.78 Å². The molecule has 1 aromatic heterocycles. The van der Waals surface area contributed by atoms with E-state index >= 15 is 0 Å². The van der Waals surface area contributed by atoms with Gasteiger partial charge in [0.15, 0.2) is 11.5 Å². The van der Waals surface area contributed by atoms with E-state index in [4.69, 9.17) is 4.42 Å². The highest BCUT2D eigenvalue weighted by Gasteiger charge is 2.12. The van der Waals surface area contributed by atoms with Gasteiger partial charge in [-0.2, -0.15) is 0 Å². The summed E-state index contributed by atoms with van der Waals surface area (Å²) in [5.41, 5.74) is 0.959. The van der Waals surface area contributed by atoms with E-state index in [2.05, 4.69) is 15.9 Å². The van der Waals surface area contributed by atoms with E-state index in [1.54, 1.807) is 6.07 Å². The molecule has 4 heteroatoms. The average Bonchev–Trinajstić information content (AvgIpc) is 2.85. The summed E-state index contributed by atoms with van der Waals surface area (Å²) in [6.07, 6.45) is 0.471. The van der Waals surface area contributed by atoms with Crippen LogP contribution in [0.15, 0.2) is 45.3 Å². The molecular weight excluding hydrogens is 306 g/mol. The topological polar surface area (TPSA) is 33.5 Å². The highest BCUT2D eigenvalue weighted by Crippen LogP contribution is 2.25. The first-order valence-electron chi connectivity index (χ1n) is 6.10. The molecule has 19 heavy (non-hydrogen) atoms. The Balaban J connectivity index is 2.13. The molecule has 0 spiro atoms. The lowest BCUT2D eigenvalue weighted by molar-refractivity contribution is 0.0946. The van der Waals surface area contributed by atoms with Gasteiger partial charge >= 0.3 is 0 Å².